The molecule has 0 aliphatic rings. The molecule has 3 rings (SSSR count). The summed E-state index contributed by atoms with van der Waals surface area (Å²) in [6.45, 7) is -0.425. The van der Waals surface area contributed by atoms with Crippen LogP contribution in [0, 0.1) is 23.0 Å². The fourth-order valence-corrected chi connectivity index (χ4v) is 3.74. The van der Waals surface area contributed by atoms with E-state index in [9.17, 15) is 13.9 Å². The molecule has 0 saturated heterocycles. The van der Waals surface area contributed by atoms with Gasteiger partial charge in [-0.15, -0.1) is 0 Å². The van der Waals surface area contributed by atoms with Gasteiger partial charge < -0.3 is 9.84 Å². The van der Waals surface area contributed by atoms with Crippen molar-refractivity contribution in [2.75, 3.05) is 0 Å². The van der Waals surface area contributed by atoms with Gasteiger partial charge in [0.25, 0.3) is 0 Å². The summed E-state index contributed by atoms with van der Waals surface area (Å²) in [5.41, 5.74) is 0.698. The van der Waals surface area contributed by atoms with Crippen LogP contribution in [0.2, 0.25) is 0 Å². The molecule has 0 radical (unpaired) electrons. The van der Waals surface area contributed by atoms with E-state index in [4.69, 9.17) is 10.00 Å². The van der Waals surface area contributed by atoms with Crippen molar-refractivity contribution < 1.29 is 18.6 Å². The highest BCUT2D eigenvalue weighted by molar-refractivity contribution is 14.2. The quantitative estimate of drug-likeness (QED) is 0.564. The number of aliphatic hydroxyl groups is 1. The van der Waals surface area contributed by atoms with Gasteiger partial charge in [0.2, 0.25) is 0 Å². The van der Waals surface area contributed by atoms with Gasteiger partial charge in [0, 0.05) is 59.6 Å². The van der Waals surface area contributed by atoms with E-state index in [0.717, 1.165) is 6.07 Å². The second-order valence-electron chi connectivity index (χ2n) is 4.82. The molecule has 1 aromatic heterocycles. The third kappa shape index (κ3) is 2.94. The van der Waals surface area contributed by atoms with Crippen molar-refractivity contribution in [3.63, 3.8) is 0 Å². The van der Waals surface area contributed by atoms with E-state index in [-0.39, 0.29) is 22.6 Å². The summed E-state index contributed by atoms with van der Waals surface area (Å²) >= 11 is 2.07. The van der Waals surface area contributed by atoms with Gasteiger partial charge in [-0.2, -0.15) is 5.26 Å². The highest BCUT2D eigenvalue weighted by Gasteiger charge is 2.18. The average molecular weight is 458 g/mol. The Morgan fingerprint density at radius 2 is 2.04 bits per heavy atom. The van der Waals surface area contributed by atoms with Crippen LogP contribution in [0.3, 0.4) is 0 Å². The largest absolute Gasteiger partial charge is 0.454 e. The van der Waals surface area contributed by atoms with Crippen LogP contribution in [-0.2, 0) is 6.61 Å². The Morgan fingerprint density at radius 1 is 1.25 bits per heavy atom. The number of benzene rings is 2. The Balaban J connectivity index is 2.13. The van der Waals surface area contributed by atoms with Crippen molar-refractivity contribution in [3.8, 4) is 17.6 Å². The first-order valence-corrected chi connectivity index (χ1v) is 10.0. The lowest BCUT2D eigenvalue weighted by molar-refractivity contribution is 0.276. The number of hydrogen-bond acceptors (Lipinski definition) is 4. The molecule has 0 saturated carbocycles. The van der Waals surface area contributed by atoms with Gasteiger partial charge in [0.05, 0.1) is 17.7 Å². The summed E-state index contributed by atoms with van der Waals surface area (Å²) in [5.74, 6) is -1.36. The van der Waals surface area contributed by atoms with Crippen molar-refractivity contribution in [1.29, 1.82) is 5.26 Å². The van der Waals surface area contributed by atoms with E-state index < -0.39 is 18.2 Å². The van der Waals surface area contributed by atoms with Crippen LogP contribution in [0.25, 0.3) is 10.9 Å². The predicted molar refractivity (Wildman–Crippen MR) is 96.0 cm³/mol. The average Bonchev–Trinajstić information content (AvgIpc) is 2.99. The zero-order valence-corrected chi connectivity index (χ0v) is 14.9. The summed E-state index contributed by atoms with van der Waals surface area (Å²) in [6.07, 6.45) is 1.76. The minimum atomic E-state index is -0.681. The van der Waals surface area contributed by atoms with Gasteiger partial charge in [-0.3, -0.25) is 3.97 Å². The normalized spacial score (nSPS) is 10.8. The van der Waals surface area contributed by atoms with Crippen molar-refractivity contribution in [2.24, 2.45) is 0 Å². The van der Waals surface area contributed by atoms with Crippen LogP contribution in [-0.4, -0.2) is 9.08 Å². The Hall–Kier alpha value is -1.83. The molecule has 2 aromatic carbocycles. The molecule has 0 atom stereocenters. The first-order valence-electron chi connectivity index (χ1n) is 6.69. The zero-order chi connectivity index (χ0) is 17.3. The zero-order valence-electron chi connectivity index (χ0n) is 12.0. The lowest BCUT2D eigenvalue weighted by Crippen LogP contribution is -1.98. The molecule has 3 aromatic rings. The number of hydrogen-bond donors (Lipinski definition) is 1. The second kappa shape index (κ2) is 6.96. The number of nitrogens with zero attached hydrogens (tertiary/aromatic N) is 2. The van der Waals surface area contributed by atoms with E-state index in [1.165, 1.54) is 27.3 Å². The van der Waals surface area contributed by atoms with E-state index in [1.54, 1.807) is 22.3 Å². The van der Waals surface area contributed by atoms with E-state index >= 15 is 0 Å². The third-order valence-electron chi connectivity index (χ3n) is 3.48. The van der Waals surface area contributed by atoms with Gasteiger partial charge in [0.15, 0.2) is 11.6 Å². The van der Waals surface area contributed by atoms with Crippen molar-refractivity contribution in [3.05, 3.63) is 59.3 Å². The topological polar surface area (TPSA) is 58.2 Å². The molecule has 0 aliphatic carbocycles. The monoisotopic (exact) mass is 458 g/mol. The minimum absolute atomic E-state index is 0.114. The van der Waals surface area contributed by atoms with Crippen LogP contribution in [0.5, 0.6) is 11.5 Å². The van der Waals surface area contributed by atoms with Gasteiger partial charge >= 0.3 is 0 Å². The first kappa shape index (κ1) is 17.0. The molecule has 0 amide bonds. The third-order valence-corrected chi connectivity index (χ3v) is 5.22. The fourth-order valence-electron chi connectivity index (χ4n) is 2.37. The van der Waals surface area contributed by atoms with Gasteiger partial charge in [-0.05, 0) is 18.2 Å². The molecule has 0 spiro atoms. The molecular weight excluding hydrogens is 449 g/mol. The molecule has 0 bridgehead atoms. The summed E-state index contributed by atoms with van der Waals surface area (Å²) in [4.78, 5) is 0. The van der Waals surface area contributed by atoms with Gasteiger partial charge in [-0.1, -0.05) is 0 Å². The highest BCUT2D eigenvalue weighted by Crippen LogP contribution is 2.37. The molecule has 8 heteroatoms. The van der Waals surface area contributed by atoms with Gasteiger partial charge in [0.1, 0.15) is 17.6 Å². The van der Waals surface area contributed by atoms with Crippen molar-refractivity contribution in [2.45, 2.75) is 6.61 Å². The predicted octanol–water partition coefficient (Wildman–Crippen LogP) is 4.92. The Kier molecular flexibility index (Phi) is 4.93. The van der Waals surface area contributed by atoms with Gasteiger partial charge in [-0.25, -0.2) is 8.78 Å². The summed E-state index contributed by atoms with van der Waals surface area (Å²) < 4.78 is 35.2. The second-order valence-corrected chi connectivity index (χ2v) is 6.54. The molecule has 24 heavy (non-hydrogen) atoms. The van der Waals surface area contributed by atoms with E-state index in [2.05, 4.69) is 21.2 Å². The minimum Gasteiger partial charge on any atom is -0.454 e. The lowest BCUT2D eigenvalue weighted by Gasteiger charge is -2.13. The van der Waals surface area contributed by atoms with Crippen molar-refractivity contribution >= 4 is 41.2 Å². The molecule has 122 valence electrons. The molecule has 1 N–H and O–H groups in total. The number of ether oxygens (including phenoxy) is 1. The Morgan fingerprint density at radius 3 is 2.71 bits per heavy atom. The van der Waals surface area contributed by atoms with Crippen LogP contribution < -0.4 is 4.74 Å². The summed E-state index contributed by atoms with van der Waals surface area (Å²) in [7, 11) is 1.37. The molecule has 0 unspecified atom stereocenters. The highest BCUT2D eigenvalue weighted by atomic mass is 127. The maximum absolute atomic E-state index is 14.5. The Bertz CT molecular complexity index is 969. The summed E-state index contributed by atoms with van der Waals surface area (Å²) in [5, 5.41) is 19.2. The molecule has 1 heterocycles. The molecule has 0 aliphatic heterocycles. The van der Waals surface area contributed by atoms with E-state index in [0.29, 0.717) is 10.9 Å². The summed E-state index contributed by atoms with van der Waals surface area (Å²) in [6, 6.07) is 8.32. The van der Waals surface area contributed by atoms with Crippen LogP contribution in [0.4, 0.5) is 8.78 Å². The molecule has 0 fully saturated rings. The number of halogens is 3. The van der Waals surface area contributed by atoms with E-state index in [1.807, 2.05) is 0 Å². The SMILES string of the molecule is N#Cc1cc(Oc2c(F)cc3c(ccn3SI)c2CO)ccc1F. The maximum atomic E-state index is 14.5. The van der Waals surface area contributed by atoms with Crippen LogP contribution in [0.15, 0.2) is 36.5 Å². The smallest absolute Gasteiger partial charge is 0.169 e. The molecule has 4 nitrogen and oxygen atoms in total. The number of nitriles is 1. The number of aliphatic hydroxyl groups excluding tert-OH is 1. The maximum Gasteiger partial charge on any atom is 0.169 e. The van der Waals surface area contributed by atoms with Crippen molar-refractivity contribution in [1.82, 2.24) is 3.97 Å². The number of fused-ring (bicyclic) bond motifs is 1. The standard InChI is InChI=1S/C16H9F2IN2O2S/c17-13-2-1-10(5-9(13)7-20)23-16-12(8-22)11-3-4-21(24-19)15(11)6-14(16)18/h1-6,22H,8H2. The Labute approximate surface area is 152 Å². The van der Waals surface area contributed by atoms with Crippen LogP contribution >= 0.6 is 30.3 Å². The first-order chi connectivity index (χ1) is 11.6. The fraction of sp³-hybridized carbons (Fsp3) is 0.0625. The van der Waals surface area contributed by atoms with Crippen LogP contribution in [0.1, 0.15) is 11.1 Å². The number of aromatic nitrogens is 1. The molecular formula is C16H9F2IN2O2S. The lowest BCUT2D eigenvalue weighted by atomic mass is 10.1. The number of rotatable bonds is 4.